The number of hydrogen-bond acceptors (Lipinski definition) is 3. The van der Waals surface area contributed by atoms with E-state index in [-0.39, 0.29) is 17.7 Å². The first kappa shape index (κ1) is 12.4. The van der Waals surface area contributed by atoms with Crippen LogP contribution in [0.15, 0.2) is 0 Å². The van der Waals surface area contributed by atoms with E-state index < -0.39 is 11.5 Å². The van der Waals surface area contributed by atoms with Gasteiger partial charge in [0.2, 0.25) is 5.91 Å². The molecule has 0 saturated heterocycles. The fraction of sp³-hybridized carbons (Fsp3) is 0.833. The number of amides is 1. The van der Waals surface area contributed by atoms with Gasteiger partial charge in [-0.2, -0.15) is 0 Å². The predicted molar refractivity (Wildman–Crippen MR) is 62.2 cm³/mol. The molecule has 0 spiro atoms. The summed E-state index contributed by atoms with van der Waals surface area (Å²) in [5.74, 6) is -0.878. The third-order valence-electron chi connectivity index (χ3n) is 4.28. The summed E-state index contributed by atoms with van der Waals surface area (Å²) in [4.78, 5) is 23.3. The number of hydrogen-bond donors (Lipinski definition) is 3. The van der Waals surface area contributed by atoms with Gasteiger partial charge in [0.15, 0.2) is 0 Å². The fourth-order valence-electron chi connectivity index (χ4n) is 2.92. The highest BCUT2D eigenvalue weighted by molar-refractivity contribution is 5.89. The molecule has 4 N–H and O–H groups in total. The first-order chi connectivity index (χ1) is 8.09. The Hall–Kier alpha value is -1.10. The van der Waals surface area contributed by atoms with Gasteiger partial charge in [0.05, 0.1) is 0 Å². The van der Waals surface area contributed by atoms with E-state index in [4.69, 9.17) is 10.8 Å². The van der Waals surface area contributed by atoms with Crippen LogP contribution < -0.4 is 11.1 Å². The third kappa shape index (κ3) is 2.16. The average molecular weight is 240 g/mol. The molecule has 2 rings (SSSR count). The lowest BCUT2D eigenvalue weighted by Crippen LogP contribution is -2.60. The topological polar surface area (TPSA) is 92.4 Å². The van der Waals surface area contributed by atoms with Crippen molar-refractivity contribution >= 4 is 11.9 Å². The molecule has 0 heterocycles. The van der Waals surface area contributed by atoms with E-state index in [2.05, 4.69) is 5.32 Å². The van der Waals surface area contributed by atoms with Crippen molar-refractivity contribution in [3.05, 3.63) is 0 Å². The summed E-state index contributed by atoms with van der Waals surface area (Å²) in [7, 11) is 0. The van der Waals surface area contributed by atoms with Gasteiger partial charge >= 0.3 is 5.97 Å². The van der Waals surface area contributed by atoms with E-state index in [0.29, 0.717) is 19.4 Å². The van der Waals surface area contributed by atoms with Crippen LogP contribution in [0.5, 0.6) is 0 Å². The minimum absolute atomic E-state index is 0.0863. The quantitative estimate of drug-likeness (QED) is 0.666. The van der Waals surface area contributed by atoms with Gasteiger partial charge in [-0.05, 0) is 44.6 Å². The van der Waals surface area contributed by atoms with Gasteiger partial charge in [0.1, 0.15) is 5.54 Å². The fourth-order valence-corrected chi connectivity index (χ4v) is 2.92. The summed E-state index contributed by atoms with van der Waals surface area (Å²) in [6.07, 6.45) is 4.80. The number of nitrogens with one attached hydrogen (secondary N) is 1. The predicted octanol–water partition coefficient (Wildman–Crippen LogP) is 0.485. The molecular formula is C12H20N2O3. The molecule has 5 nitrogen and oxygen atoms in total. The minimum Gasteiger partial charge on any atom is -0.480 e. The zero-order valence-electron chi connectivity index (χ0n) is 9.95. The second-order valence-corrected chi connectivity index (χ2v) is 5.26. The van der Waals surface area contributed by atoms with E-state index in [9.17, 15) is 9.59 Å². The van der Waals surface area contributed by atoms with Gasteiger partial charge in [-0.3, -0.25) is 4.79 Å². The van der Waals surface area contributed by atoms with Crippen molar-refractivity contribution in [2.75, 3.05) is 6.54 Å². The van der Waals surface area contributed by atoms with Crippen LogP contribution in [-0.2, 0) is 9.59 Å². The van der Waals surface area contributed by atoms with Gasteiger partial charge in [0, 0.05) is 5.92 Å². The second kappa shape index (κ2) is 4.64. The molecule has 1 amide bonds. The van der Waals surface area contributed by atoms with E-state index >= 15 is 0 Å². The Bertz CT molecular complexity index is 326. The first-order valence-corrected chi connectivity index (χ1v) is 6.34. The highest BCUT2D eigenvalue weighted by Crippen LogP contribution is 2.35. The SMILES string of the molecule is NCC1CCCC1C(=O)NC1(C(=O)O)CCC1. The molecule has 2 fully saturated rings. The zero-order chi connectivity index (χ0) is 12.5. The largest absolute Gasteiger partial charge is 0.480 e. The molecule has 2 aliphatic carbocycles. The van der Waals surface area contributed by atoms with Gasteiger partial charge in [-0.1, -0.05) is 6.42 Å². The normalized spacial score (nSPS) is 30.6. The number of nitrogens with two attached hydrogens (primary N) is 1. The number of carboxylic acid groups (broad SMARTS) is 1. The lowest BCUT2D eigenvalue weighted by Gasteiger charge is -2.39. The van der Waals surface area contributed by atoms with Gasteiger partial charge < -0.3 is 16.2 Å². The average Bonchev–Trinajstić information content (AvgIpc) is 2.70. The maximum Gasteiger partial charge on any atom is 0.329 e. The Morgan fingerprint density at radius 1 is 1.29 bits per heavy atom. The highest BCUT2D eigenvalue weighted by atomic mass is 16.4. The van der Waals surface area contributed by atoms with Crippen LogP contribution in [0.3, 0.4) is 0 Å². The second-order valence-electron chi connectivity index (χ2n) is 5.26. The number of carbonyl (C=O) groups is 2. The minimum atomic E-state index is -0.987. The van der Waals surface area contributed by atoms with Crippen molar-refractivity contribution in [2.45, 2.75) is 44.1 Å². The molecule has 0 radical (unpaired) electrons. The molecular weight excluding hydrogens is 220 g/mol. The Kier molecular flexibility index (Phi) is 3.38. The molecule has 0 bridgehead atoms. The summed E-state index contributed by atoms with van der Waals surface area (Å²) in [5, 5.41) is 11.9. The summed E-state index contributed by atoms with van der Waals surface area (Å²) in [6.45, 7) is 0.512. The van der Waals surface area contributed by atoms with Crippen LogP contribution in [0, 0.1) is 11.8 Å². The number of rotatable bonds is 4. The summed E-state index contributed by atoms with van der Waals surface area (Å²) < 4.78 is 0. The molecule has 0 aromatic rings. The van der Waals surface area contributed by atoms with E-state index in [0.717, 1.165) is 25.7 Å². The third-order valence-corrected chi connectivity index (χ3v) is 4.28. The highest BCUT2D eigenvalue weighted by Gasteiger charge is 2.47. The van der Waals surface area contributed by atoms with Crippen molar-refractivity contribution in [1.82, 2.24) is 5.32 Å². The van der Waals surface area contributed by atoms with Crippen molar-refractivity contribution in [2.24, 2.45) is 17.6 Å². The number of carboxylic acids is 1. The monoisotopic (exact) mass is 240 g/mol. The van der Waals surface area contributed by atoms with Gasteiger partial charge in [-0.15, -0.1) is 0 Å². The van der Waals surface area contributed by atoms with Gasteiger partial charge in [-0.25, -0.2) is 4.79 Å². The van der Waals surface area contributed by atoms with Crippen LogP contribution in [0.4, 0.5) is 0 Å². The Morgan fingerprint density at radius 3 is 2.47 bits per heavy atom. The summed E-state index contributed by atoms with van der Waals surface area (Å²) in [6, 6.07) is 0. The van der Waals surface area contributed by atoms with E-state index in [1.54, 1.807) is 0 Å². The Labute approximate surface area is 101 Å². The standard InChI is InChI=1S/C12H20N2O3/c13-7-8-3-1-4-9(8)10(15)14-12(11(16)17)5-2-6-12/h8-9H,1-7,13H2,(H,14,15)(H,16,17). The van der Waals surface area contributed by atoms with Crippen LogP contribution >= 0.6 is 0 Å². The maximum absolute atomic E-state index is 12.1. The summed E-state index contributed by atoms with van der Waals surface area (Å²) >= 11 is 0. The first-order valence-electron chi connectivity index (χ1n) is 6.34. The zero-order valence-corrected chi connectivity index (χ0v) is 9.95. The maximum atomic E-state index is 12.1. The molecule has 0 aliphatic heterocycles. The van der Waals surface area contributed by atoms with E-state index in [1.807, 2.05) is 0 Å². The van der Waals surface area contributed by atoms with Crippen LogP contribution in [0.2, 0.25) is 0 Å². The van der Waals surface area contributed by atoms with Crippen molar-refractivity contribution in [3.8, 4) is 0 Å². The molecule has 2 aliphatic rings. The number of carbonyl (C=O) groups excluding carboxylic acids is 1. The van der Waals surface area contributed by atoms with Crippen LogP contribution in [-0.4, -0.2) is 29.1 Å². The summed E-state index contributed by atoms with van der Waals surface area (Å²) in [5.41, 5.74) is 4.65. The molecule has 17 heavy (non-hydrogen) atoms. The van der Waals surface area contributed by atoms with Crippen molar-refractivity contribution in [1.29, 1.82) is 0 Å². The molecule has 96 valence electrons. The Balaban J connectivity index is 1.99. The molecule has 2 saturated carbocycles. The van der Waals surface area contributed by atoms with Crippen molar-refractivity contribution in [3.63, 3.8) is 0 Å². The van der Waals surface area contributed by atoms with E-state index in [1.165, 1.54) is 0 Å². The molecule has 0 aromatic heterocycles. The van der Waals surface area contributed by atoms with Crippen LogP contribution in [0.1, 0.15) is 38.5 Å². The molecule has 2 unspecified atom stereocenters. The lowest BCUT2D eigenvalue weighted by molar-refractivity contribution is -0.152. The number of aliphatic carboxylic acids is 1. The Morgan fingerprint density at radius 2 is 2.00 bits per heavy atom. The smallest absolute Gasteiger partial charge is 0.329 e. The molecule has 0 aromatic carbocycles. The van der Waals surface area contributed by atoms with Crippen LogP contribution in [0.25, 0.3) is 0 Å². The lowest BCUT2D eigenvalue weighted by atomic mass is 9.76. The molecule has 5 heteroatoms. The van der Waals surface area contributed by atoms with Gasteiger partial charge in [0.25, 0.3) is 0 Å². The van der Waals surface area contributed by atoms with Crippen molar-refractivity contribution < 1.29 is 14.7 Å². The molecule has 2 atom stereocenters.